The van der Waals surface area contributed by atoms with E-state index in [-0.39, 0.29) is 0 Å². The first-order valence-corrected chi connectivity index (χ1v) is 6.34. The Morgan fingerprint density at radius 3 is 2.58 bits per heavy atom. The van der Waals surface area contributed by atoms with Crippen LogP contribution in [-0.2, 0) is 0 Å². The Kier molecular flexibility index (Phi) is 2.15. The van der Waals surface area contributed by atoms with Crippen LogP contribution in [0.2, 0.25) is 0 Å². The van der Waals surface area contributed by atoms with Gasteiger partial charge in [0.25, 0.3) is 0 Å². The molecule has 0 spiro atoms. The Morgan fingerprint density at radius 1 is 0.737 bits per heavy atom. The van der Waals surface area contributed by atoms with E-state index in [1.807, 2.05) is 18.5 Å². The summed E-state index contributed by atoms with van der Waals surface area (Å²) in [5, 5.41) is 3.70. The highest BCUT2D eigenvalue weighted by atomic mass is 14.8. The van der Waals surface area contributed by atoms with Crippen molar-refractivity contribution in [2.45, 2.75) is 0 Å². The van der Waals surface area contributed by atoms with Crippen LogP contribution in [0.1, 0.15) is 0 Å². The van der Waals surface area contributed by atoms with Gasteiger partial charge in [0.05, 0.1) is 0 Å². The summed E-state index contributed by atoms with van der Waals surface area (Å²) in [6.45, 7) is 0. The van der Waals surface area contributed by atoms with Crippen LogP contribution >= 0.6 is 0 Å². The number of pyridine rings is 1. The maximum absolute atomic E-state index is 4.35. The molecular formula is C17H12N2. The summed E-state index contributed by atoms with van der Waals surface area (Å²) in [6.07, 6.45) is 3.85. The fraction of sp³-hybridized carbons (Fsp3) is 0. The first-order valence-electron chi connectivity index (χ1n) is 6.34. The van der Waals surface area contributed by atoms with Gasteiger partial charge in [0.15, 0.2) is 0 Å². The van der Waals surface area contributed by atoms with Crippen LogP contribution in [0.5, 0.6) is 0 Å². The lowest BCUT2D eigenvalue weighted by Gasteiger charge is -2.05. The lowest BCUT2D eigenvalue weighted by molar-refractivity contribution is 1.33. The van der Waals surface area contributed by atoms with E-state index in [2.05, 4.69) is 58.5 Å². The van der Waals surface area contributed by atoms with Crippen molar-refractivity contribution in [2.24, 2.45) is 0 Å². The van der Waals surface area contributed by atoms with E-state index in [0.29, 0.717) is 0 Å². The third-order valence-electron chi connectivity index (χ3n) is 3.53. The fourth-order valence-corrected chi connectivity index (χ4v) is 2.64. The Morgan fingerprint density at radius 2 is 1.58 bits per heavy atom. The minimum Gasteiger partial charge on any atom is -0.346 e. The minimum atomic E-state index is 0.936. The summed E-state index contributed by atoms with van der Waals surface area (Å²) in [6, 6.07) is 19.0. The van der Waals surface area contributed by atoms with E-state index in [1.165, 1.54) is 27.3 Å². The first-order chi connectivity index (χ1) is 9.43. The van der Waals surface area contributed by atoms with E-state index in [9.17, 15) is 0 Å². The highest BCUT2D eigenvalue weighted by Gasteiger charge is 2.08. The van der Waals surface area contributed by atoms with Crippen LogP contribution in [0.25, 0.3) is 32.9 Å². The van der Waals surface area contributed by atoms with Crippen LogP contribution in [0.15, 0.2) is 67.0 Å². The van der Waals surface area contributed by atoms with Crippen LogP contribution in [0.4, 0.5) is 0 Å². The molecule has 0 fully saturated rings. The number of hydrogen-bond donors (Lipinski definition) is 1. The largest absolute Gasteiger partial charge is 0.346 e. The number of hydrogen-bond acceptors (Lipinski definition) is 1. The van der Waals surface area contributed by atoms with Gasteiger partial charge in [-0.15, -0.1) is 0 Å². The topological polar surface area (TPSA) is 28.7 Å². The highest BCUT2D eigenvalue weighted by Crippen LogP contribution is 2.32. The number of fused-ring (bicyclic) bond motifs is 2. The third kappa shape index (κ3) is 1.54. The molecule has 2 aromatic carbocycles. The number of H-pyrrole nitrogens is 1. The van der Waals surface area contributed by atoms with Gasteiger partial charge < -0.3 is 4.98 Å². The van der Waals surface area contributed by atoms with Crippen molar-refractivity contribution in [3.8, 4) is 11.1 Å². The maximum Gasteiger partial charge on any atom is 0.137 e. The molecule has 0 aliphatic heterocycles. The second-order valence-electron chi connectivity index (χ2n) is 4.63. The van der Waals surface area contributed by atoms with Gasteiger partial charge in [0.1, 0.15) is 5.65 Å². The molecule has 19 heavy (non-hydrogen) atoms. The monoisotopic (exact) mass is 244 g/mol. The van der Waals surface area contributed by atoms with Gasteiger partial charge in [-0.2, -0.15) is 0 Å². The summed E-state index contributed by atoms with van der Waals surface area (Å²) < 4.78 is 0. The Hall–Kier alpha value is -2.61. The Labute approximate surface area is 110 Å². The number of benzene rings is 2. The zero-order valence-corrected chi connectivity index (χ0v) is 10.3. The molecule has 90 valence electrons. The molecule has 0 saturated heterocycles. The second-order valence-corrected chi connectivity index (χ2v) is 4.63. The predicted octanol–water partition coefficient (Wildman–Crippen LogP) is 4.38. The maximum atomic E-state index is 4.35. The number of nitrogens with one attached hydrogen (secondary N) is 1. The van der Waals surface area contributed by atoms with Crippen molar-refractivity contribution < 1.29 is 0 Å². The van der Waals surface area contributed by atoms with Gasteiger partial charge in [0.2, 0.25) is 0 Å². The molecule has 0 atom stereocenters. The minimum absolute atomic E-state index is 0.936. The molecule has 1 N–H and O–H groups in total. The SMILES string of the molecule is c1ccc2c(-c3c[nH]c4ncccc34)cccc2c1. The van der Waals surface area contributed by atoms with Gasteiger partial charge in [-0.3, -0.25) is 0 Å². The van der Waals surface area contributed by atoms with Gasteiger partial charge in [-0.25, -0.2) is 4.98 Å². The molecule has 4 rings (SSSR count). The molecule has 0 radical (unpaired) electrons. The fourth-order valence-electron chi connectivity index (χ4n) is 2.64. The molecule has 2 heteroatoms. The quantitative estimate of drug-likeness (QED) is 0.528. The van der Waals surface area contributed by atoms with E-state index in [4.69, 9.17) is 0 Å². The lowest BCUT2D eigenvalue weighted by atomic mass is 9.98. The zero-order valence-electron chi connectivity index (χ0n) is 10.3. The van der Waals surface area contributed by atoms with Crippen molar-refractivity contribution >= 4 is 21.8 Å². The highest BCUT2D eigenvalue weighted by molar-refractivity contribution is 6.04. The van der Waals surface area contributed by atoms with E-state index < -0.39 is 0 Å². The zero-order chi connectivity index (χ0) is 12.7. The standard InChI is InChI=1S/C17H12N2/c1-2-7-13-12(5-1)6-3-8-14(13)16-11-19-17-15(16)9-4-10-18-17/h1-11H,(H,18,19). The van der Waals surface area contributed by atoms with Crippen LogP contribution < -0.4 is 0 Å². The van der Waals surface area contributed by atoms with Crippen molar-refractivity contribution in [1.29, 1.82) is 0 Å². The molecule has 0 saturated carbocycles. The molecule has 0 unspecified atom stereocenters. The normalized spacial score (nSPS) is 11.2. The number of nitrogens with zero attached hydrogens (tertiary/aromatic N) is 1. The average Bonchev–Trinajstić information content (AvgIpc) is 2.90. The van der Waals surface area contributed by atoms with Crippen molar-refractivity contribution in [3.05, 3.63) is 67.0 Å². The molecule has 2 heterocycles. The smallest absolute Gasteiger partial charge is 0.137 e. The Bertz CT molecular complexity index is 869. The summed E-state index contributed by atoms with van der Waals surface area (Å²) >= 11 is 0. The van der Waals surface area contributed by atoms with Gasteiger partial charge in [-0.1, -0.05) is 42.5 Å². The van der Waals surface area contributed by atoms with Crippen molar-refractivity contribution in [3.63, 3.8) is 0 Å². The molecule has 2 aromatic heterocycles. The molecule has 4 aromatic rings. The average molecular weight is 244 g/mol. The number of aromatic nitrogens is 2. The van der Waals surface area contributed by atoms with E-state index in [1.54, 1.807) is 0 Å². The third-order valence-corrected chi connectivity index (χ3v) is 3.53. The van der Waals surface area contributed by atoms with Gasteiger partial charge in [0, 0.05) is 23.3 Å². The van der Waals surface area contributed by atoms with E-state index >= 15 is 0 Å². The van der Waals surface area contributed by atoms with Gasteiger partial charge in [-0.05, 0) is 28.5 Å². The summed E-state index contributed by atoms with van der Waals surface area (Å²) in [4.78, 5) is 7.59. The summed E-state index contributed by atoms with van der Waals surface area (Å²) in [5.41, 5.74) is 3.39. The van der Waals surface area contributed by atoms with Crippen LogP contribution in [0, 0.1) is 0 Å². The number of rotatable bonds is 1. The summed E-state index contributed by atoms with van der Waals surface area (Å²) in [7, 11) is 0. The Balaban J connectivity index is 2.10. The van der Waals surface area contributed by atoms with E-state index in [0.717, 1.165) is 5.65 Å². The first kappa shape index (κ1) is 10.3. The lowest BCUT2D eigenvalue weighted by Crippen LogP contribution is -1.80. The number of aromatic amines is 1. The van der Waals surface area contributed by atoms with Crippen LogP contribution in [0.3, 0.4) is 0 Å². The molecule has 0 aliphatic rings. The van der Waals surface area contributed by atoms with Crippen molar-refractivity contribution in [1.82, 2.24) is 9.97 Å². The van der Waals surface area contributed by atoms with Gasteiger partial charge >= 0.3 is 0 Å². The molecule has 0 bridgehead atoms. The molecule has 0 amide bonds. The molecule has 0 aliphatic carbocycles. The molecule has 2 nitrogen and oxygen atoms in total. The molecular weight excluding hydrogens is 232 g/mol. The van der Waals surface area contributed by atoms with Crippen LogP contribution in [-0.4, -0.2) is 9.97 Å². The van der Waals surface area contributed by atoms with Crippen molar-refractivity contribution in [2.75, 3.05) is 0 Å². The summed E-state index contributed by atoms with van der Waals surface area (Å²) in [5.74, 6) is 0. The predicted molar refractivity (Wildman–Crippen MR) is 79.0 cm³/mol. The second kappa shape index (κ2) is 3.95.